The second-order valence-electron chi connectivity index (χ2n) is 4.00. The molecule has 0 aromatic heterocycles. The first-order valence-corrected chi connectivity index (χ1v) is 5.13. The Kier molecular flexibility index (Phi) is 3.58. The Balaban J connectivity index is 2.89. The molecule has 0 amide bonds. The van der Waals surface area contributed by atoms with Crippen molar-refractivity contribution in [1.29, 1.82) is 0 Å². The number of hydrogen-bond acceptors (Lipinski definition) is 1. The standard InChI is InChI=1S/C12H20O/c1-5-6-12-10(4)13-8-7-11(12)9(2)3/h5-6,9,11H,7-8H2,1-4H3/b6-5-. The van der Waals surface area contributed by atoms with E-state index < -0.39 is 0 Å². The van der Waals surface area contributed by atoms with Crippen LogP contribution in [0.4, 0.5) is 0 Å². The van der Waals surface area contributed by atoms with Gasteiger partial charge in [0.25, 0.3) is 0 Å². The molecule has 0 radical (unpaired) electrons. The highest BCUT2D eigenvalue weighted by Crippen LogP contribution is 2.31. The van der Waals surface area contributed by atoms with Crippen molar-refractivity contribution in [3.05, 3.63) is 23.5 Å². The Bertz CT molecular complexity index is 223. The predicted octanol–water partition coefficient (Wildman–Crippen LogP) is 3.53. The molecule has 1 atom stereocenters. The minimum atomic E-state index is 0.685. The van der Waals surface area contributed by atoms with E-state index in [0.717, 1.165) is 18.8 Å². The lowest BCUT2D eigenvalue weighted by molar-refractivity contribution is 0.156. The maximum atomic E-state index is 5.55. The number of rotatable bonds is 2. The first-order chi connectivity index (χ1) is 6.16. The number of hydrogen-bond donors (Lipinski definition) is 0. The second-order valence-corrected chi connectivity index (χ2v) is 4.00. The minimum Gasteiger partial charge on any atom is -0.498 e. The van der Waals surface area contributed by atoms with Crippen molar-refractivity contribution in [1.82, 2.24) is 0 Å². The first-order valence-electron chi connectivity index (χ1n) is 5.13. The van der Waals surface area contributed by atoms with Gasteiger partial charge in [0, 0.05) is 0 Å². The largest absolute Gasteiger partial charge is 0.498 e. The fourth-order valence-electron chi connectivity index (χ4n) is 1.95. The van der Waals surface area contributed by atoms with Gasteiger partial charge in [-0.2, -0.15) is 0 Å². The molecule has 0 saturated carbocycles. The van der Waals surface area contributed by atoms with Gasteiger partial charge in [-0.05, 0) is 37.7 Å². The maximum absolute atomic E-state index is 5.55. The van der Waals surface area contributed by atoms with E-state index in [2.05, 4.69) is 39.8 Å². The van der Waals surface area contributed by atoms with Crippen molar-refractivity contribution in [3.63, 3.8) is 0 Å². The smallest absolute Gasteiger partial charge is 0.0963 e. The van der Waals surface area contributed by atoms with Crippen LogP contribution >= 0.6 is 0 Å². The number of allylic oxidation sites excluding steroid dienone is 4. The molecule has 0 aromatic rings. The van der Waals surface area contributed by atoms with E-state index in [1.54, 1.807) is 0 Å². The molecule has 1 unspecified atom stereocenters. The van der Waals surface area contributed by atoms with Gasteiger partial charge in [0.1, 0.15) is 0 Å². The van der Waals surface area contributed by atoms with Gasteiger partial charge in [0.15, 0.2) is 0 Å². The summed E-state index contributed by atoms with van der Waals surface area (Å²) >= 11 is 0. The Morgan fingerprint density at radius 2 is 2.15 bits per heavy atom. The molecule has 13 heavy (non-hydrogen) atoms. The lowest BCUT2D eigenvalue weighted by atomic mass is 9.83. The third-order valence-corrected chi connectivity index (χ3v) is 2.70. The van der Waals surface area contributed by atoms with Crippen molar-refractivity contribution in [3.8, 4) is 0 Å². The summed E-state index contributed by atoms with van der Waals surface area (Å²) in [6.07, 6.45) is 5.46. The predicted molar refractivity (Wildman–Crippen MR) is 56.4 cm³/mol. The van der Waals surface area contributed by atoms with E-state index in [-0.39, 0.29) is 0 Å². The fourth-order valence-corrected chi connectivity index (χ4v) is 1.95. The van der Waals surface area contributed by atoms with Crippen LogP contribution in [0.25, 0.3) is 0 Å². The van der Waals surface area contributed by atoms with Gasteiger partial charge in [-0.25, -0.2) is 0 Å². The lowest BCUT2D eigenvalue weighted by Gasteiger charge is -2.28. The van der Waals surface area contributed by atoms with Crippen LogP contribution in [0.1, 0.15) is 34.1 Å². The zero-order valence-electron chi connectivity index (χ0n) is 9.13. The van der Waals surface area contributed by atoms with Crippen LogP contribution < -0.4 is 0 Å². The first kappa shape index (κ1) is 10.4. The zero-order valence-corrected chi connectivity index (χ0v) is 9.13. The van der Waals surface area contributed by atoms with E-state index in [9.17, 15) is 0 Å². The molecule has 1 heteroatoms. The molecule has 0 saturated heterocycles. The van der Waals surface area contributed by atoms with Crippen LogP contribution in [0.2, 0.25) is 0 Å². The SMILES string of the molecule is C/C=C\C1=C(C)OCCC1C(C)C. The van der Waals surface area contributed by atoms with Crippen LogP contribution in [0, 0.1) is 11.8 Å². The van der Waals surface area contributed by atoms with Gasteiger partial charge < -0.3 is 4.74 Å². The molecule has 1 aliphatic heterocycles. The Morgan fingerprint density at radius 3 is 2.69 bits per heavy atom. The second kappa shape index (κ2) is 4.50. The highest BCUT2D eigenvalue weighted by atomic mass is 16.5. The molecule has 0 aliphatic carbocycles. The molecule has 0 N–H and O–H groups in total. The van der Waals surface area contributed by atoms with Gasteiger partial charge in [-0.1, -0.05) is 26.0 Å². The molecule has 0 bridgehead atoms. The van der Waals surface area contributed by atoms with Crippen molar-refractivity contribution < 1.29 is 4.74 Å². The average molecular weight is 180 g/mol. The summed E-state index contributed by atoms with van der Waals surface area (Å²) in [6.45, 7) is 9.59. The monoisotopic (exact) mass is 180 g/mol. The van der Waals surface area contributed by atoms with Crippen molar-refractivity contribution in [2.24, 2.45) is 11.8 Å². The molecular weight excluding hydrogens is 160 g/mol. The van der Waals surface area contributed by atoms with E-state index in [1.807, 2.05) is 0 Å². The van der Waals surface area contributed by atoms with E-state index >= 15 is 0 Å². The third-order valence-electron chi connectivity index (χ3n) is 2.70. The summed E-state index contributed by atoms with van der Waals surface area (Å²) in [5, 5.41) is 0. The van der Waals surface area contributed by atoms with E-state index in [1.165, 1.54) is 5.57 Å². The Hall–Kier alpha value is -0.720. The molecule has 1 nitrogen and oxygen atoms in total. The molecule has 0 spiro atoms. The van der Waals surface area contributed by atoms with Crippen molar-refractivity contribution >= 4 is 0 Å². The van der Waals surface area contributed by atoms with Gasteiger partial charge in [0.05, 0.1) is 12.4 Å². The maximum Gasteiger partial charge on any atom is 0.0963 e. The molecule has 0 fully saturated rings. The topological polar surface area (TPSA) is 9.23 Å². The molecule has 0 aromatic carbocycles. The van der Waals surface area contributed by atoms with Gasteiger partial charge >= 0.3 is 0 Å². The molecule has 1 rings (SSSR count). The van der Waals surface area contributed by atoms with Crippen LogP contribution in [-0.4, -0.2) is 6.61 Å². The summed E-state index contributed by atoms with van der Waals surface area (Å²) in [4.78, 5) is 0. The highest BCUT2D eigenvalue weighted by molar-refractivity contribution is 5.26. The summed E-state index contributed by atoms with van der Waals surface area (Å²) in [5.74, 6) is 2.51. The van der Waals surface area contributed by atoms with Crippen LogP contribution in [0.3, 0.4) is 0 Å². The third kappa shape index (κ3) is 2.36. The molecular formula is C12H20O. The Labute approximate surface area is 81.5 Å². The minimum absolute atomic E-state index is 0.685. The molecule has 74 valence electrons. The normalized spacial score (nSPS) is 24.2. The van der Waals surface area contributed by atoms with Gasteiger partial charge in [-0.3, -0.25) is 0 Å². The van der Waals surface area contributed by atoms with Crippen LogP contribution in [0.5, 0.6) is 0 Å². The van der Waals surface area contributed by atoms with Gasteiger partial charge in [0.2, 0.25) is 0 Å². The lowest BCUT2D eigenvalue weighted by Crippen LogP contribution is -2.19. The zero-order chi connectivity index (χ0) is 9.84. The highest BCUT2D eigenvalue weighted by Gasteiger charge is 2.22. The Morgan fingerprint density at radius 1 is 1.46 bits per heavy atom. The van der Waals surface area contributed by atoms with Crippen molar-refractivity contribution in [2.75, 3.05) is 6.61 Å². The van der Waals surface area contributed by atoms with E-state index in [4.69, 9.17) is 4.74 Å². The van der Waals surface area contributed by atoms with E-state index in [0.29, 0.717) is 11.8 Å². The fraction of sp³-hybridized carbons (Fsp3) is 0.667. The average Bonchev–Trinajstić information content (AvgIpc) is 2.08. The summed E-state index contributed by atoms with van der Waals surface area (Å²) < 4.78 is 5.55. The van der Waals surface area contributed by atoms with Crippen molar-refractivity contribution in [2.45, 2.75) is 34.1 Å². The van der Waals surface area contributed by atoms with Gasteiger partial charge in [-0.15, -0.1) is 0 Å². The quantitative estimate of drug-likeness (QED) is 0.631. The summed E-state index contributed by atoms with van der Waals surface area (Å²) in [7, 11) is 0. The molecule has 1 aliphatic rings. The summed E-state index contributed by atoms with van der Waals surface area (Å²) in [6, 6.07) is 0. The van der Waals surface area contributed by atoms with Crippen LogP contribution in [0.15, 0.2) is 23.5 Å². The summed E-state index contributed by atoms with van der Waals surface area (Å²) in [5.41, 5.74) is 1.39. The number of ether oxygens (including phenoxy) is 1. The molecule has 1 heterocycles. The van der Waals surface area contributed by atoms with Crippen LogP contribution in [-0.2, 0) is 4.74 Å².